The minimum atomic E-state index is 0.561. The first-order valence-corrected chi connectivity index (χ1v) is 5.36. The molecule has 0 spiro atoms. The maximum atomic E-state index is 5.20. The second-order valence-corrected chi connectivity index (χ2v) is 4.80. The van der Waals surface area contributed by atoms with Crippen LogP contribution in [0.4, 0.5) is 0 Å². The number of rotatable bonds is 5. The first-order chi connectivity index (χ1) is 6.22. The highest BCUT2D eigenvalue weighted by molar-refractivity contribution is 8.00. The predicted molar refractivity (Wildman–Crippen MR) is 59.1 cm³/mol. The van der Waals surface area contributed by atoms with E-state index in [-0.39, 0.29) is 0 Å². The van der Waals surface area contributed by atoms with Gasteiger partial charge < -0.3 is 16.4 Å². The van der Waals surface area contributed by atoms with E-state index < -0.39 is 0 Å². The highest BCUT2D eigenvalue weighted by Gasteiger charge is 2.22. The van der Waals surface area contributed by atoms with E-state index in [1.54, 1.807) is 6.20 Å². The largest absolute Gasteiger partial charge is 0.403 e. The van der Waals surface area contributed by atoms with Crippen molar-refractivity contribution in [2.75, 3.05) is 6.54 Å². The van der Waals surface area contributed by atoms with Crippen molar-refractivity contribution in [2.24, 2.45) is 5.73 Å². The van der Waals surface area contributed by atoms with Crippen LogP contribution in [-0.4, -0.2) is 17.2 Å². The van der Waals surface area contributed by atoms with Gasteiger partial charge in [-0.25, -0.2) is 0 Å². The van der Waals surface area contributed by atoms with E-state index in [4.69, 9.17) is 5.73 Å². The minimum Gasteiger partial charge on any atom is -0.403 e. The van der Waals surface area contributed by atoms with Crippen molar-refractivity contribution >= 4 is 11.8 Å². The lowest BCUT2D eigenvalue weighted by Gasteiger charge is -2.32. The standard InChI is InChI=1S/C9H17N3S/c1-7-5-9(12-7)13-8(2)6-11-4-3-10/h3-4,8-9,11-12H,1,5-6,10H2,2H3/b4-3-. The molecule has 4 N–H and O–H groups in total. The summed E-state index contributed by atoms with van der Waals surface area (Å²) in [5.41, 5.74) is 6.35. The Morgan fingerprint density at radius 3 is 3.15 bits per heavy atom. The Balaban J connectivity index is 2.04. The van der Waals surface area contributed by atoms with Gasteiger partial charge in [-0.1, -0.05) is 13.5 Å². The van der Waals surface area contributed by atoms with Crippen LogP contribution >= 0.6 is 11.8 Å². The summed E-state index contributed by atoms with van der Waals surface area (Å²) in [7, 11) is 0. The van der Waals surface area contributed by atoms with E-state index in [1.165, 1.54) is 6.20 Å². The van der Waals surface area contributed by atoms with Gasteiger partial charge in [0.1, 0.15) is 0 Å². The molecule has 0 amide bonds. The molecule has 3 nitrogen and oxygen atoms in total. The Morgan fingerprint density at radius 2 is 2.62 bits per heavy atom. The Labute approximate surface area is 83.8 Å². The van der Waals surface area contributed by atoms with Crippen molar-refractivity contribution < 1.29 is 0 Å². The maximum Gasteiger partial charge on any atom is 0.0777 e. The van der Waals surface area contributed by atoms with Crippen LogP contribution in [0.15, 0.2) is 24.7 Å². The number of nitrogens with two attached hydrogens (primary N) is 1. The van der Waals surface area contributed by atoms with Crippen molar-refractivity contribution in [3.63, 3.8) is 0 Å². The number of hydrogen-bond donors (Lipinski definition) is 3. The molecular formula is C9H17N3S. The molecule has 2 unspecified atom stereocenters. The third-order valence-electron chi connectivity index (χ3n) is 1.81. The summed E-state index contributed by atoms with van der Waals surface area (Å²) in [4.78, 5) is 0. The van der Waals surface area contributed by atoms with Crippen LogP contribution in [0.1, 0.15) is 13.3 Å². The van der Waals surface area contributed by atoms with E-state index >= 15 is 0 Å². The summed E-state index contributed by atoms with van der Waals surface area (Å²) >= 11 is 1.93. The van der Waals surface area contributed by atoms with Crippen LogP contribution in [0.2, 0.25) is 0 Å². The molecule has 1 rings (SSSR count). The smallest absolute Gasteiger partial charge is 0.0777 e. The lowest BCUT2D eigenvalue weighted by molar-refractivity contribution is 0.586. The third-order valence-corrected chi connectivity index (χ3v) is 3.06. The Bertz CT molecular complexity index is 195. The zero-order chi connectivity index (χ0) is 9.68. The highest BCUT2D eigenvalue weighted by atomic mass is 32.2. The molecule has 0 bridgehead atoms. The number of nitrogens with one attached hydrogen (secondary N) is 2. The van der Waals surface area contributed by atoms with E-state index in [2.05, 4.69) is 24.1 Å². The van der Waals surface area contributed by atoms with Crippen LogP contribution in [0.25, 0.3) is 0 Å². The third kappa shape index (κ3) is 3.63. The van der Waals surface area contributed by atoms with Crippen LogP contribution in [0.3, 0.4) is 0 Å². The van der Waals surface area contributed by atoms with Crippen LogP contribution in [0, 0.1) is 0 Å². The van der Waals surface area contributed by atoms with Gasteiger partial charge in [-0.05, 0) is 0 Å². The Kier molecular flexibility index (Phi) is 4.02. The van der Waals surface area contributed by atoms with Gasteiger partial charge in [0.2, 0.25) is 0 Å². The zero-order valence-electron chi connectivity index (χ0n) is 7.92. The lowest BCUT2D eigenvalue weighted by atomic mass is 10.2. The van der Waals surface area contributed by atoms with Crippen molar-refractivity contribution in [2.45, 2.75) is 24.0 Å². The monoisotopic (exact) mass is 199 g/mol. The molecule has 0 aromatic carbocycles. The molecule has 1 heterocycles. The van der Waals surface area contributed by atoms with Crippen LogP contribution in [-0.2, 0) is 0 Å². The van der Waals surface area contributed by atoms with Crippen molar-refractivity contribution in [3.8, 4) is 0 Å². The minimum absolute atomic E-state index is 0.561. The molecule has 1 aliphatic rings. The lowest BCUT2D eigenvalue weighted by Crippen LogP contribution is -2.39. The summed E-state index contributed by atoms with van der Waals surface area (Å²) in [6.45, 7) is 6.97. The summed E-state index contributed by atoms with van der Waals surface area (Å²) in [6, 6.07) is 0. The molecule has 0 aromatic heterocycles. The van der Waals surface area contributed by atoms with Gasteiger partial charge in [-0.2, -0.15) is 0 Å². The molecule has 74 valence electrons. The molecule has 1 aliphatic heterocycles. The maximum absolute atomic E-state index is 5.20. The molecule has 1 saturated heterocycles. The van der Waals surface area contributed by atoms with Gasteiger partial charge in [0.05, 0.1) is 5.37 Å². The van der Waals surface area contributed by atoms with Crippen LogP contribution in [0.5, 0.6) is 0 Å². The topological polar surface area (TPSA) is 50.1 Å². The van der Waals surface area contributed by atoms with Crippen molar-refractivity contribution in [1.29, 1.82) is 0 Å². The van der Waals surface area contributed by atoms with Gasteiger partial charge in [-0.3, -0.25) is 0 Å². The SMILES string of the molecule is C=C1CC(SC(C)CN/C=C\N)N1. The normalized spacial score (nSPS) is 23.8. The second-order valence-electron chi connectivity index (χ2n) is 3.15. The summed E-state index contributed by atoms with van der Waals surface area (Å²) < 4.78 is 0. The summed E-state index contributed by atoms with van der Waals surface area (Å²) in [5.74, 6) is 0. The molecule has 2 atom stereocenters. The molecule has 0 saturated carbocycles. The Morgan fingerprint density at radius 1 is 1.92 bits per heavy atom. The van der Waals surface area contributed by atoms with E-state index in [0.29, 0.717) is 10.6 Å². The summed E-state index contributed by atoms with van der Waals surface area (Å²) in [5, 5.41) is 7.53. The average Bonchev–Trinajstić information content (AvgIpc) is 2.02. The highest BCUT2D eigenvalue weighted by Crippen LogP contribution is 2.27. The molecule has 4 heteroatoms. The van der Waals surface area contributed by atoms with E-state index in [9.17, 15) is 0 Å². The fourth-order valence-electron chi connectivity index (χ4n) is 1.14. The van der Waals surface area contributed by atoms with Gasteiger partial charge in [0.25, 0.3) is 0 Å². The first kappa shape index (κ1) is 10.3. The van der Waals surface area contributed by atoms with Crippen molar-refractivity contribution in [3.05, 3.63) is 24.7 Å². The molecular weight excluding hydrogens is 182 g/mol. The molecule has 0 radical (unpaired) electrons. The van der Waals surface area contributed by atoms with Crippen LogP contribution < -0.4 is 16.4 Å². The fourth-order valence-corrected chi connectivity index (χ4v) is 2.43. The zero-order valence-corrected chi connectivity index (χ0v) is 8.73. The van der Waals surface area contributed by atoms with Gasteiger partial charge in [0.15, 0.2) is 0 Å². The van der Waals surface area contributed by atoms with Crippen molar-refractivity contribution in [1.82, 2.24) is 10.6 Å². The van der Waals surface area contributed by atoms with E-state index in [1.807, 2.05) is 11.8 Å². The fraction of sp³-hybridized carbons (Fsp3) is 0.556. The Hall–Kier alpha value is -0.770. The molecule has 1 fully saturated rings. The number of thioether (sulfide) groups is 1. The van der Waals surface area contributed by atoms with Gasteiger partial charge >= 0.3 is 0 Å². The second kappa shape index (κ2) is 5.07. The summed E-state index contributed by atoms with van der Waals surface area (Å²) in [6.07, 6.45) is 4.38. The average molecular weight is 199 g/mol. The quantitative estimate of drug-likeness (QED) is 0.617. The number of hydrogen-bond acceptors (Lipinski definition) is 4. The molecule has 13 heavy (non-hydrogen) atoms. The molecule has 0 aromatic rings. The first-order valence-electron chi connectivity index (χ1n) is 4.42. The van der Waals surface area contributed by atoms with Gasteiger partial charge in [-0.15, -0.1) is 11.8 Å². The predicted octanol–water partition coefficient (Wildman–Crippen LogP) is 0.961. The van der Waals surface area contributed by atoms with E-state index in [0.717, 1.165) is 18.7 Å². The molecule has 0 aliphatic carbocycles. The van der Waals surface area contributed by atoms with Gasteiger partial charge in [0, 0.05) is 36.3 Å².